The molecule has 1 unspecified atom stereocenters. The Bertz CT molecular complexity index is 579. The van der Waals surface area contributed by atoms with Gasteiger partial charge in [-0.25, -0.2) is 0 Å². The first-order valence-electron chi connectivity index (χ1n) is 6.21. The van der Waals surface area contributed by atoms with Gasteiger partial charge >= 0.3 is 0 Å². The second-order valence-electron chi connectivity index (χ2n) is 4.51. The minimum absolute atomic E-state index is 0.00354. The first-order valence-corrected chi connectivity index (χ1v) is 7.26. The number of aromatic hydroxyl groups is 2. The molecule has 2 heterocycles. The summed E-state index contributed by atoms with van der Waals surface area (Å²) < 4.78 is 5.21. The average Bonchev–Trinajstić information content (AvgIpc) is 2.89. The van der Waals surface area contributed by atoms with Gasteiger partial charge in [-0.15, -0.1) is 0 Å². The summed E-state index contributed by atoms with van der Waals surface area (Å²) in [5.41, 5.74) is 0.442. The molecule has 1 aromatic carbocycles. The van der Waals surface area contributed by atoms with Gasteiger partial charge in [0.2, 0.25) is 0 Å². The van der Waals surface area contributed by atoms with Gasteiger partial charge in [0, 0.05) is 6.07 Å². The lowest BCUT2D eigenvalue weighted by molar-refractivity contribution is 0.414. The van der Waals surface area contributed by atoms with Gasteiger partial charge in [0.1, 0.15) is 11.5 Å². The highest BCUT2D eigenvalue weighted by atomic mass is 32.2. The molecule has 5 nitrogen and oxygen atoms in total. The fourth-order valence-corrected chi connectivity index (χ4v) is 3.35. The largest absolute Gasteiger partial charge is 0.508 e. The standard InChI is InChI=1S/C13H14N2O3S/c16-8-4-5-9(10(17)7-8)13-14-12(15-18-13)11-3-1-2-6-19-11/h4-5,7,11,16-17H,1-3,6H2. The maximum Gasteiger partial charge on any atom is 0.261 e. The van der Waals surface area contributed by atoms with Crippen molar-refractivity contribution in [1.82, 2.24) is 10.1 Å². The number of rotatable bonds is 2. The Morgan fingerprint density at radius 2 is 2.16 bits per heavy atom. The molecule has 2 N–H and O–H groups in total. The van der Waals surface area contributed by atoms with Crippen LogP contribution in [0.25, 0.3) is 11.5 Å². The molecule has 3 rings (SSSR count). The Balaban J connectivity index is 1.87. The molecule has 1 atom stereocenters. The van der Waals surface area contributed by atoms with Crippen LogP contribution in [0.2, 0.25) is 0 Å². The number of hydrogen-bond donors (Lipinski definition) is 2. The molecule has 0 spiro atoms. The fourth-order valence-electron chi connectivity index (χ4n) is 2.12. The van der Waals surface area contributed by atoms with Gasteiger partial charge in [-0.2, -0.15) is 16.7 Å². The first kappa shape index (κ1) is 12.3. The van der Waals surface area contributed by atoms with Gasteiger partial charge in [-0.05, 0) is 30.7 Å². The molecule has 0 amide bonds. The van der Waals surface area contributed by atoms with Gasteiger partial charge in [0.05, 0.1) is 10.8 Å². The van der Waals surface area contributed by atoms with Crippen LogP contribution >= 0.6 is 11.8 Å². The summed E-state index contributed by atoms with van der Waals surface area (Å²) in [6.07, 6.45) is 3.49. The summed E-state index contributed by atoms with van der Waals surface area (Å²) >= 11 is 1.84. The maximum absolute atomic E-state index is 9.77. The van der Waals surface area contributed by atoms with Crippen molar-refractivity contribution in [2.24, 2.45) is 0 Å². The lowest BCUT2D eigenvalue weighted by Crippen LogP contribution is -2.03. The Hall–Kier alpha value is -1.69. The van der Waals surface area contributed by atoms with E-state index < -0.39 is 0 Å². The van der Waals surface area contributed by atoms with E-state index >= 15 is 0 Å². The number of thioether (sulfide) groups is 1. The summed E-state index contributed by atoms with van der Waals surface area (Å²) in [4.78, 5) is 4.35. The van der Waals surface area contributed by atoms with E-state index in [1.807, 2.05) is 11.8 Å². The number of phenolic OH excluding ortho intramolecular Hbond substituents is 2. The Labute approximate surface area is 114 Å². The molecule has 0 radical (unpaired) electrons. The van der Waals surface area contributed by atoms with E-state index in [2.05, 4.69) is 10.1 Å². The topological polar surface area (TPSA) is 79.4 Å². The van der Waals surface area contributed by atoms with E-state index in [4.69, 9.17) is 4.52 Å². The summed E-state index contributed by atoms with van der Waals surface area (Å²) in [5, 5.41) is 23.3. The van der Waals surface area contributed by atoms with Crippen LogP contribution in [-0.4, -0.2) is 26.1 Å². The van der Waals surface area contributed by atoms with Gasteiger partial charge in [-0.3, -0.25) is 0 Å². The van der Waals surface area contributed by atoms with Crippen LogP contribution in [0.5, 0.6) is 11.5 Å². The molecule has 6 heteroatoms. The van der Waals surface area contributed by atoms with Crippen molar-refractivity contribution < 1.29 is 14.7 Å². The van der Waals surface area contributed by atoms with E-state index in [0.717, 1.165) is 12.2 Å². The molecule has 1 fully saturated rings. The quantitative estimate of drug-likeness (QED) is 0.878. The van der Waals surface area contributed by atoms with E-state index in [1.54, 1.807) is 6.07 Å². The van der Waals surface area contributed by atoms with Crippen LogP contribution in [0.3, 0.4) is 0 Å². The van der Waals surface area contributed by atoms with Gasteiger partial charge in [-0.1, -0.05) is 11.6 Å². The molecule has 0 saturated carbocycles. The third kappa shape index (κ3) is 2.53. The summed E-state index contributed by atoms with van der Waals surface area (Å²) in [7, 11) is 0. The van der Waals surface area contributed by atoms with Crippen LogP contribution in [0.1, 0.15) is 30.3 Å². The van der Waals surface area contributed by atoms with Crippen molar-refractivity contribution >= 4 is 11.8 Å². The minimum atomic E-state index is -0.0634. The Kier molecular flexibility index (Phi) is 3.33. The van der Waals surface area contributed by atoms with Crippen molar-refractivity contribution in [2.75, 3.05) is 5.75 Å². The molecule has 0 aliphatic carbocycles. The molecule has 0 bridgehead atoms. The first-order chi connectivity index (χ1) is 9.24. The van der Waals surface area contributed by atoms with E-state index in [9.17, 15) is 10.2 Å². The Morgan fingerprint density at radius 1 is 1.26 bits per heavy atom. The van der Waals surface area contributed by atoms with E-state index in [1.165, 1.54) is 25.0 Å². The third-order valence-corrected chi connectivity index (χ3v) is 4.49. The van der Waals surface area contributed by atoms with E-state index in [0.29, 0.717) is 17.3 Å². The van der Waals surface area contributed by atoms with Crippen LogP contribution < -0.4 is 0 Å². The van der Waals surface area contributed by atoms with Crippen molar-refractivity contribution in [1.29, 1.82) is 0 Å². The zero-order valence-electron chi connectivity index (χ0n) is 10.2. The lowest BCUT2D eigenvalue weighted by Gasteiger charge is -2.17. The second kappa shape index (κ2) is 5.13. The maximum atomic E-state index is 9.77. The molecular formula is C13H14N2O3S. The van der Waals surface area contributed by atoms with Gasteiger partial charge in [0.25, 0.3) is 5.89 Å². The normalized spacial score (nSPS) is 19.5. The molecule has 1 aromatic heterocycles. The zero-order chi connectivity index (χ0) is 13.2. The fraction of sp³-hybridized carbons (Fsp3) is 0.385. The summed E-state index contributed by atoms with van der Waals surface area (Å²) in [5.74, 6) is 2.04. The van der Waals surface area contributed by atoms with Crippen molar-refractivity contribution in [3.05, 3.63) is 24.0 Å². The smallest absolute Gasteiger partial charge is 0.261 e. The van der Waals surface area contributed by atoms with Crippen molar-refractivity contribution in [2.45, 2.75) is 24.5 Å². The number of phenols is 2. The highest BCUT2D eigenvalue weighted by Crippen LogP contribution is 2.38. The zero-order valence-corrected chi connectivity index (χ0v) is 11.1. The average molecular weight is 278 g/mol. The number of nitrogens with zero attached hydrogens (tertiary/aromatic N) is 2. The monoisotopic (exact) mass is 278 g/mol. The number of benzene rings is 1. The van der Waals surface area contributed by atoms with Gasteiger partial charge < -0.3 is 14.7 Å². The predicted molar refractivity (Wildman–Crippen MR) is 72.1 cm³/mol. The highest BCUT2D eigenvalue weighted by Gasteiger charge is 2.22. The van der Waals surface area contributed by atoms with Crippen LogP contribution in [0.4, 0.5) is 0 Å². The highest BCUT2D eigenvalue weighted by molar-refractivity contribution is 7.99. The summed E-state index contributed by atoms with van der Waals surface area (Å²) in [6.45, 7) is 0. The van der Waals surface area contributed by atoms with Crippen molar-refractivity contribution in [3.63, 3.8) is 0 Å². The number of hydrogen-bond acceptors (Lipinski definition) is 6. The van der Waals surface area contributed by atoms with Crippen LogP contribution in [0, 0.1) is 0 Å². The van der Waals surface area contributed by atoms with E-state index in [-0.39, 0.29) is 16.7 Å². The third-order valence-electron chi connectivity index (χ3n) is 3.12. The van der Waals surface area contributed by atoms with Crippen LogP contribution in [-0.2, 0) is 0 Å². The molecule has 1 saturated heterocycles. The van der Waals surface area contributed by atoms with Gasteiger partial charge in [0.15, 0.2) is 5.82 Å². The molecular weight excluding hydrogens is 264 g/mol. The molecule has 19 heavy (non-hydrogen) atoms. The molecule has 1 aliphatic heterocycles. The SMILES string of the molecule is Oc1ccc(-c2nc(C3CCCCS3)no2)c(O)c1. The minimum Gasteiger partial charge on any atom is -0.508 e. The van der Waals surface area contributed by atoms with Crippen LogP contribution in [0.15, 0.2) is 22.7 Å². The second-order valence-corrected chi connectivity index (χ2v) is 5.83. The molecule has 1 aliphatic rings. The molecule has 2 aromatic rings. The lowest BCUT2D eigenvalue weighted by atomic mass is 10.1. The molecule has 100 valence electrons. The summed E-state index contributed by atoms with van der Waals surface area (Å²) in [6, 6.07) is 4.30. The number of aromatic nitrogens is 2. The predicted octanol–water partition coefficient (Wildman–Crippen LogP) is 3.11. The Morgan fingerprint density at radius 3 is 2.89 bits per heavy atom. The van der Waals surface area contributed by atoms with Crippen molar-refractivity contribution in [3.8, 4) is 23.0 Å².